The number of amides is 1. The number of aromatic hydroxyl groups is 1. The van der Waals surface area contributed by atoms with Gasteiger partial charge in [-0.1, -0.05) is 13.8 Å². The van der Waals surface area contributed by atoms with Crippen molar-refractivity contribution in [2.24, 2.45) is 5.92 Å². The molecule has 1 rings (SSSR count). The van der Waals surface area contributed by atoms with Crippen molar-refractivity contribution < 1.29 is 15.0 Å². The van der Waals surface area contributed by atoms with Gasteiger partial charge < -0.3 is 15.5 Å². The molecule has 3 N–H and O–H groups in total. The minimum Gasteiger partial charge on any atom is -0.506 e. The molecule has 1 atom stereocenters. The number of aliphatic hydroxyl groups is 1. The van der Waals surface area contributed by atoms with Crippen LogP contribution in [0.3, 0.4) is 0 Å². The first-order valence-electron chi connectivity index (χ1n) is 5.58. The molecule has 1 unspecified atom stereocenters. The third-order valence-corrected chi connectivity index (χ3v) is 2.30. The predicted octanol–water partition coefficient (Wildman–Crippen LogP) is 0.924. The molecule has 0 radical (unpaired) electrons. The number of hydrogen-bond acceptors (Lipinski definition) is 4. The smallest absolute Gasteiger partial charge is 0.253 e. The third kappa shape index (κ3) is 4.40. The lowest BCUT2D eigenvalue weighted by atomic mass is 10.0. The van der Waals surface area contributed by atoms with Crippen LogP contribution in [0.4, 0.5) is 0 Å². The van der Waals surface area contributed by atoms with Crippen LogP contribution in [0.5, 0.6) is 5.75 Å². The van der Waals surface area contributed by atoms with Crippen molar-refractivity contribution in [2.75, 3.05) is 6.61 Å². The maximum atomic E-state index is 11.8. The number of aromatic nitrogens is 1. The van der Waals surface area contributed by atoms with Crippen LogP contribution in [0.15, 0.2) is 18.5 Å². The molecule has 0 aromatic carbocycles. The summed E-state index contributed by atoms with van der Waals surface area (Å²) in [5.74, 6) is -0.00934. The highest BCUT2D eigenvalue weighted by atomic mass is 16.3. The molecule has 0 aliphatic rings. The van der Waals surface area contributed by atoms with Crippen molar-refractivity contribution in [1.29, 1.82) is 0 Å². The lowest BCUT2D eigenvalue weighted by Gasteiger charge is -2.18. The monoisotopic (exact) mass is 238 g/mol. The molecule has 0 saturated heterocycles. The zero-order valence-corrected chi connectivity index (χ0v) is 10.1. The van der Waals surface area contributed by atoms with Gasteiger partial charge in [0.2, 0.25) is 0 Å². The summed E-state index contributed by atoms with van der Waals surface area (Å²) in [6.45, 7) is 3.94. The Morgan fingerprint density at radius 3 is 2.71 bits per heavy atom. The van der Waals surface area contributed by atoms with Crippen molar-refractivity contribution in [2.45, 2.75) is 26.3 Å². The highest BCUT2D eigenvalue weighted by Crippen LogP contribution is 2.10. The van der Waals surface area contributed by atoms with Crippen LogP contribution >= 0.6 is 0 Å². The molecule has 94 valence electrons. The van der Waals surface area contributed by atoms with Crippen LogP contribution < -0.4 is 5.32 Å². The van der Waals surface area contributed by atoms with E-state index in [2.05, 4.69) is 10.3 Å². The van der Waals surface area contributed by atoms with E-state index in [9.17, 15) is 9.90 Å². The van der Waals surface area contributed by atoms with Gasteiger partial charge in [0.1, 0.15) is 5.75 Å². The van der Waals surface area contributed by atoms with Gasteiger partial charge in [0.15, 0.2) is 0 Å². The molecule has 1 aromatic rings. The quantitative estimate of drug-likeness (QED) is 0.712. The average Bonchev–Trinajstić information content (AvgIpc) is 2.27. The predicted molar refractivity (Wildman–Crippen MR) is 63.7 cm³/mol. The van der Waals surface area contributed by atoms with Gasteiger partial charge in [-0.2, -0.15) is 0 Å². The van der Waals surface area contributed by atoms with Gasteiger partial charge in [-0.15, -0.1) is 0 Å². The average molecular weight is 238 g/mol. The SMILES string of the molecule is CC(C)CC(CO)NC(=O)c1cncc(O)c1. The van der Waals surface area contributed by atoms with Crippen LogP contribution in [-0.2, 0) is 0 Å². The van der Waals surface area contributed by atoms with Gasteiger partial charge in [-0.05, 0) is 18.4 Å². The van der Waals surface area contributed by atoms with Gasteiger partial charge >= 0.3 is 0 Å². The standard InChI is InChI=1S/C12H18N2O3/c1-8(2)3-10(7-15)14-12(17)9-4-11(16)6-13-5-9/h4-6,8,10,15-16H,3,7H2,1-2H3,(H,14,17). The van der Waals surface area contributed by atoms with Crippen LogP contribution in [0.1, 0.15) is 30.6 Å². The second-order valence-electron chi connectivity index (χ2n) is 4.41. The number of pyridine rings is 1. The van der Waals surface area contributed by atoms with E-state index in [0.717, 1.165) is 0 Å². The Hall–Kier alpha value is -1.62. The molecule has 0 fully saturated rings. The van der Waals surface area contributed by atoms with Gasteiger partial charge in [-0.3, -0.25) is 9.78 Å². The van der Waals surface area contributed by atoms with E-state index in [1.54, 1.807) is 0 Å². The zero-order chi connectivity index (χ0) is 12.8. The minimum atomic E-state index is -0.340. The number of nitrogens with zero attached hydrogens (tertiary/aromatic N) is 1. The molecular formula is C12H18N2O3. The molecule has 5 heteroatoms. The molecule has 1 amide bonds. The summed E-state index contributed by atoms with van der Waals surface area (Å²) >= 11 is 0. The number of carbonyl (C=O) groups is 1. The number of carbonyl (C=O) groups excluding carboxylic acids is 1. The number of nitrogens with one attached hydrogen (secondary N) is 1. The molecule has 0 aliphatic heterocycles. The Labute approximate surface area is 101 Å². The Balaban J connectivity index is 2.64. The Morgan fingerprint density at radius 2 is 2.18 bits per heavy atom. The fraction of sp³-hybridized carbons (Fsp3) is 0.500. The van der Waals surface area contributed by atoms with Crippen molar-refractivity contribution >= 4 is 5.91 Å². The fourth-order valence-corrected chi connectivity index (χ4v) is 1.57. The van der Waals surface area contributed by atoms with Crippen molar-refractivity contribution in [3.63, 3.8) is 0 Å². The number of aliphatic hydroxyl groups excluding tert-OH is 1. The maximum Gasteiger partial charge on any atom is 0.253 e. The second-order valence-corrected chi connectivity index (χ2v) is 4.41. The maximum absolute atomic E-state index is 11.8. The summed E-state index contributed by atoms with van der Waals surface area (Å²) in [5, 5.41) is 21.1. The third-order valence-electron chi connectivity index (χ3n) is 2.30. The Bertz CT molecular complexity index is 380. The normalized spacial score (nSPS) is 12.5. The van der Waals surface area contributed by atoms with E-state index in [1.807, 2.05) is 13.8 Å². The minimum absolute atomic E-state index is 0.0536. The fourth-order valence-electron chi connectivity index (χ4n) is 1.57. The molecule has 0 spiro atoms. The van der Waals surface area contributed by atoms with Crippen LogP contribution in [0.25, 0.3) is 0 Å². The first-order chi connectivity index (χ1) is 8.02. The summed E-state index contributed by atoms with van der Waals surface area (Å²) in [6, 6.07) is 1.07. The van der Waals surface area contributed by atoms with Gasteiger partial charge in [-0.25, -0.2) is 0 Å². The summed E-state index contributed by atoms with van der Waals surface area (Å²) in [6.07, 6.45) is 3.34. The zero-order valence-electron chi connectivity index (χ0n) is 10.1. The largest absolute Gasteiger partial charge is 0.506 e. The number of hydrogen-bond donors (Lipinski definition) is 3. The highest BCUT2D eigenvalue weighted by Gasteiger charge is 2.14. The van der Waals surface area contributed by atoms with Crippen molar-refractivity contribution in [3.8, 4) is 5.75 Å². The lowest BCUT2D eigenvalue weighted by Crippen LogP contribution is -2.38. The van der Waals surface area contributed by atoms with Crippen molar-refractivity contribution in [3.05, 3.63) is 24.0 Å². The van der Waals surface area contributed by atoms with Crippen LogP contribution in [0.2, 0.25) is 0 Å². The van der Waals surface area contributed by atoms with E-state index in [-0.39, 0.29) is 29.9 Å². The molecule has 0 bridgehead atoms. The summed E-state index contributed by atoms with van der Waals surface area (Å²) < 4.78 is 0. The Morgan fingerprint density at radius 1 is 1.47 bits per heavy atom. The molecule has 0 saturated carbocycles. The van der Waals surface area contributed by atoms with Gasteiger partial charge in [0, 0.05) is 6.20 Å². The first-order valence-corrected chi connectivity index (χ1v) is 5.58. The van der Waals surface area contributed by atoms with E-state index < -0.39 is 0 Å². The van der Waals surface area contributed by atoms with E-state index in [4.69, 9.17) is 5.11 Å². The van der Waals surface area contributed by atoms with Gasteiger partial charge in [0.05, 0.1) is 24.4 Å². The molecular weight excluding hydrogens is 220 g/mol. The molecule has 5 nitrogen and oxygen atoms in total. The van der Waals surface area contributed by atoms with Gasteiger partial charge in [0.25, 0.3) is 5.91 Å². The number of rotatable bonds is 5. The molecule has 1 heterocycles. The van der Waals surface area contributed by atoms with E-state index in [0.29, 0.717) is 12.3 Å². The molecule has 0 aliphatic carbocycles. The van der Waals surface area contributed by atoms with E-state index in [1.165, 1.54) is 18.5 Å². The van der Waals surface area contributed by atoms with Crippen LogP contribution in [0, 0.1) is 5.92 Å². The first kappa shape index (κ1) is 13.4. The van der Waals surface area contributed by atoms with Crippen LogP contribution in [-0.4, -0.2) is 33.8 Å². The summed E-state index contributed by atoms with van der Waals surface area (Å²) in [4.78, 5) is 15.5. The topological polar surface area (TPSA) is 82.5 Å². The summed E-state index contributed by atoms with van der Waals surface area (Å²) in [7, 11) is 0. The highest BCUT2D eigenvalue weighted by molar-refractivity contribution is 5.94. The molecule has 1 aromatic heterocycles. The van der Waals surface area contributed by atoms with E-state index >= 15 is 0 Å². The lowest BCUT2D eigenvalue weighted by molar-refractivity contribution is 0.0907. The summed E-state index contributed by atoms with van der Waals surface area (Å²) in [5.41, 5.74) is 0.284. The van der Waals surface area contributed by atoms with Crippen molar-refractivity contribution in [1.82, 2.24) is 10.3 Å². The molecule has 17 heavy (non-hydrogen) atoms. The second kappa shape index (κ2) is 6.20. The Kier molecular flexibility index (Phi) is 4.90.